The minimum atomic E-state index is 0.105. The van der Waals surface area contributed by atoms with Crippen molar-refractivity contribution in [3.8, 4) is 11.5 Å². The summed E-state index contributed by atoms with van der Waals surface area (Å²) in [6, 6.07) is 10.1. The molecule has 1 N–H and O–H groups in total. The Labute approximate surface area is 165 Å². The molecule has 0 bridgehead atoms. The van der Waals surface area contributed by atoms with Crippen molar-refractivity contribution in [3.63, 3.8) is 0 Å². The molecule has 0 spiro atoms. The molecule has 1 saturated heterocycles. The number of amides is 1. The highest BCUT2D eigenvalue weighted by atomic mass is 16.5. The number of ether oxygens (including phenoxy) is 2. The van der Waals surface area contributed by atoms with Crippen LogP contribution in [0.15, 0.2) is 42.7 Å². The molecule has 28 heavy (non-hydrogen) atoms. The quantitative estimate of drug-likeness (QED) is 0.862. The normalized spacial score (nSPS) is 19.6. The van der Waals surface area contributed by atoms with Gasteiger partial charge >= 0.3 is 0 Å². The summed E-state index contributed by atoms with van der Waals surface area (Å²) >= 11 is 0. The Kier molecular flexibility index (Phi) is 5.76. The number of aromatic nitrogens is 1. The fourth-order valence-electron chi connectivity index (χ4n) is 3.97. The van der Waals surface area contributed by atoms with E-state index in [0.29, 0.717) is 12.0 Å². The van der Waals surface area contributed by atoms with Crippen LogP contribution in [0.3, 0.4) is 0 Å². The molecule has 0 saturated carbocycles. The minimum absolute atomic E-state index is 0.105. The van der Waals surface area contributed by atoms with Crippen molar-refractivity contribution in [2.24, 2.45) is 5.92 Å². The van der Waals surface area contributed by atoms with Crippen LogP contribution in [0.4, 0.5) is 0 Å². The van der Waals surface area contributed by atoms with E-state index in [1.807, 2.05) is 17.0 Å². The van der Waals surface area contributed by atoms with Crippen LogP contribution in [-0.4, -0.2) is 55.2 Å². The van der Waals surface area contributed by atoms with Crippen molar-refractivity contribution in [2.75, 3.05) is 33.4 Å². The van der Waals surface area contributed by atoms with E-state index in [0.717, 1.165) is 62.6 Å². The average Bonchev–Trinajstić information content (AvgIpc) is 2.77. The molecule has 148 valence electrons. The van der Waals surface area contributed by atoms with Crippen LogP contribution in [0.5, 0.6) is 11.5 Å². The Bertz CT molecular complexity index is 804. The van der Waals surface area contributed by atoms with Gasteiger partial charge in [0.25, 0.3) is 5.91 Å². The van der Waals surface area contributed by atoms with Crippen LogP contribution in [0, 0.1) is 5.92 Å². The van der Waals surface area contributed by atoms with E-state index in [2.05, 4.69) is 16.4 Å². The smallest absolute Gasteiger partial charge is 0.253 e. The van der Waals surface area contributed by atoms with Gasteiger partial charge in [0.2, 0.25) is 0 Å². The van der Waals surface area contributed by atoms with Crippen molar-refractivity contribution >= 4 is 5.91 Å². The number of carbonyl (C=O) groups is 1. The zero-order valence-corrected chi connectivity index (χ0v) is 16.3. The fraction of sp³-hybridized carbons (Fsp3) is 0.455. The maximum Gasteiger partial charge on any atom is 0.253 e. The number of fused-ring (bicyclic) bond motifs is 1. The van der Waals surface area contributed by atoms with Gasteiger partial charge in [0.05, 0.1) is 13.7 Å². The summed E-state index contributed by atoms with van der Waals surface area (Å²) in [5, 5.41) is 3.69. The van der Waals surface area contributed by atoms with Gasteiger partial charge in [-0.1, -0.05) is 6.07 Å². The topological polar surface area (TPSA) is 63.7 Å². The Morgan fingerprint density at radius 2 is 2.04 bits per heavy atom. The number of nitrogens with zero attached hydrogens (tertiary/aromatic N) is 2. The number of carbonyl (C=O) groups excluding carboxylic acids is 1. The zero-order valence-electron chi connectivity index (χ0n) is 16.3. The van der Waals surface area contributed by atoms with E-state index in [4.69, 9.17) is 9.47 Å². The SMILES string of the molecule is COc1ccc2c(c1)OCC(CNC1CCN(C(=O)c3ccncc3)CC1)C2. The van der Waals surface area contributed by atoms with Crippen molar-refractivity contribution in [2.45, 2.75) is 25.3 Å². The molecule has 0 aliphatic carbocycles. The number of hydrogen-bond acceptors (Lipinski definition) is 5. The lowest BCUT2D eigenvalue weighted by molar-refractivity contribution is 0.0702. The standard InChI is InChI=1S/C22H27N3O3/c1-27-20-3-2-18-12-16(15-28-21(18)13-20)14-24-19-6-10-25(11-7-19)22(26)17-4-8-23-9-5-17/h2-5,8-9,13,16,19,24H,6-7,10-12,14-15H2,1H3. The fourth-order valence-corrected chi connectivity index (χ4v) is 3.97. The molecule has 6 nitrogen and oxygen atoms in total. The predicted octanol–water partition coefficient (Wildman–Crippen LogP) is 2.54. The van der Waals surface area contributed by atoms with Gasteiger partial charge in [0.1, 0.15) is 11.5 Å². The van der Waals surface area contributed by atoms with E-state index in [1.165, 1.54) is 5.56 Å². The second-order valence-corrected chi connectivity index (χ2v) is 7.57. The lowest BCUT2D eigenvalue weighted by atomic mass is 9.95. The number of piperidine rings is 1. The Balaban J connectivity index is 1.23. The Hall–Kier alpha value is -2.60. The molecule has 2 aromatic rings. The molecule has 2 aliphatic rings. The van der Waals surface area contributed by atoms with Gasteiger partial charge in [-0.15, -0.1) is 0 Å². The van der Waals surface area contributed by atoms with Crippen LogP contribution in [0.1, 0.15) is 28.8 Å². The first-order chi connectivity index (χ1) is 13.7. The van der Waals surface area contributed by atoms with Gasteiger partial charge in [-0.3, -0.25) is 9.78 Å². The van der Waals surface area contributed by atoms with Gasteiger partial charge in [0, 0.05) is 55.6 Å². The second kappa shape index (κ2) is 8.61. The first kappa shape index (κ1) is 18.7. The number of likely N-dealkylation sites (tertiary alicyclic amines) is 1. The van der Waals surface area contributed by atoms with Crippen molar-refractivity contribution in [3.05, 3.63) is 53.9 Å². The third kappa shape index (κ3) is 4.28. The van der Waals surface area contributed by atoms with Crippen molar-refractivity contribution < 1.29 is 14.3 Å². The molecule has 1 unspecified atom stereocenters. The highest BCUT2D eigenvalue weighted by Gasteiger charge is 2.25. The summed E-state index contributed by atoms with van der Waals surface area (Å²) in [7, 11) is 1.67. The van der Waals surface area contributed by atoms with E-state index in [9.17, 15) is 4.79 Å². The summed E-state index contributed by atoms with van der Waals surface area (Å²) in [4.78, 5) is 18.5. The largest absolute Gasteiger partial charge is 0.497 e. The number of nitrogens with one attached hydrogen (secondary N) is 1. The molecule has 1 amide bonds. The van der Waals surface area contributed by atoms with Gasteiger partial charge in [-0.25, -0.2) is 0 Å². The summed E-state index contributed by atoms with van der Waals surface area (Å²) in [5.74, 6) is 2.35. The molecule has 1 aromatic heterocycles. The Morgan fingerprint density at radius 3 is 2.79 bits per heavy atom. The molecular formula is C22H27N3O3. The zero-order chi connectivity index (χ0) is 19.3. The van der Waals surface area contributed by atoms with Gasteiger partial charge in [-0.2, -0.15) is 0 Å². The number of hydrogen-bond donors (Lipinski definition) is 1. The lowest BCUT2D eigenvalue weighted by Crippen LogP contribution is -2.46. The number of methoxy groups -OCH3 is 1. The summed E-state index contributed by atoms with van der Waals surface area (Å²) in [5.41, 5.74) is 1.97. The number of rotatable bonds is 5. The maximum absolute atomic E-state index is 12.5. The van der Waals surface area contributed by atoms with Gasteiger partial charge in [0.15, 0.2) is 0 Å². The molecule has 4 rings (SSSR count). The minimum Gasteiger partial charge on any atom is -0.497 e. The van der Waals surface area contributed by atoms with E-state index in [-0.39, 0.29) is 5.91 Å². The first-order valence-corrected chi connectivity index (χ1v) is 9.95. The van der Waals surface area contributed by atoms with E-state index >= 15 is 0 Å². The van der Waals surface area contributed by atoms with E-state index in [1.54, 1.807) is 31.6 Å². The first-order valence-electron chi connectivity index (χ1n) is 9.95. The van der Waals surface area contributed by atoms with Crippen LogP contribution in [0.2, 0.25) is 0 Å². The van der Waals surface area contributed by atoms with Crippen molar-refractivity contribution in [1.29, 1.82) is 0 Å². The molecule has 6 heteroatoms. The monoisotopic (exact) mass is 381 g/mol. The van der Waals surface area contributed by atoms with E-state index < -0.39 is 0 Å². The molecule has 1 aromatic carbocycles. The number of pyridine rings is 1. The Morgan fingerprint density at radius 1 is 1.25 bits per heavy atom. The molecule has 1 atom stereocenters. The molecule has 0 radical (unpaired) electrons. The maximum atomic E-state index is 12.5. The molecule has 3 heterocycles. The van der Waals surface area contributed by atoms with Gasteiger partial charge < -0.3 is 19.7 Å². The van der Waals surface area contributed by atoms with Gasteiger partial charge in [-0.05, 0) is 43.0 Å². The third-order valence-electron chi connectivity index (χ3n) is 5.66. The summed E-state index contributed by atoms with van der Waals surface area (Å²) < 4.78 is 11.2. The molecular weight excluding hydrogens is 354 g/mol. The third-order valence-corrected chi connectivity index (χ3v) is 5.66. The molecule has 1 fully saturated rings. The van der Waals surface area contributed by atoms with Crippen LogP contribution >= 0.6 is 0 Å². The lowest BCUT2D eigenvalue weighted by Gasteiger charge is -2.34. The van der Waals surface area contributed by atoms with Crippen LogP contribution in [0.25, 0.3) is 0 Å². The highest BCUT2D eigenvalue weighted by Crippen LogP contribution is 2.31. The van der Waals surface area contributed by atoms with Crippen molar-refractivity contribution in [1.82, 2.24) is 15.2 Å². The predicted molar refractivity (Wildman–Crippen MR) is 107 cm³/mol. The van der Waals surface area contributed by atoms with Crippen LogP contribution in [-0.2, 0) is 6.42 Å². The molecule has 2 aliphatic heterocycles. The average molecular weight is 381 g/mol. The highest BCUT2D eigenvalue weighted by molar-refractivity contribution is 5.94. The number of benzene rings is 1. The summed E-state index contributed by atoms with van der Waals surface area (Å²) in [6.45, 7) is 3.26. The van der Waals surface area contributed by atoms with Crippen LogP contribution < -0.4 is 14.8 Å². The second-order valence-electron chi connectivity index (χ2n) is 7.57. The summed E-state index contributed by atoms with van der Waals surface area (Å²) in [6.07, 6.45) is 6.33.